The smallest absolute Gasteiger partial charge is 0.296 e. The number of aryl methyl sites for hydroxylation is 4. The Kier molecular flexibility index (Phi) is 12.1. The Balaban J connectivity index is 1.25. The first kappa shape index (κ1) is 43.9. The highest BCUT2D eigenvalue weighted by Gasteiger charge is 2.23. The molecule has 316 valence electrons. The number of ether oxygens (including phenoxy) is 1. The highest BCUT2D eigenvalue weighted by molar-refractivity contribution is 7.86. The number of hydrogen-bond acceptors (Lipinski definition) is 16. The number of rotatable bonds is 12. The highest BCUT2D eigenvalue weighted by atomic mass is 32.2. The average molecular weight is 889 g/mol. The van der Waals surface area contributed by atoms with Gasteiger partial charge in [0.25, 0.3) is 30.4 Å². The third kappa shape index (κ3) is 9.86. The normalized spacial score (nSPS) is 12.6. The number of nitrogens with one attached hydrogen (secondary N) is 1. The summed E-state index contributed by atoms with van der Waals surface area (Å²) in [6.45, 7) is 6.97. The lowest BCUT2D eigenvalue weighted by molar-refractivity contribution is 0.412. The number of methoxy groups -OCH3 is 1. The predicted octanol–water partition coefficient (Wildman–Crippen LogP) is 10.1. The summed E-state index contributed by atoms with van der Waals surface area (Å²) in [5.74, 6) is -0.385. The van der Waals surface area contributed by atoms with E-state index >= 15 is 0 Å². The van der Waals surface area contributed by atoms with Crippen LogP contribution in [0.4, 0.5) is 51.2 Å². The maximum atomic E-state index is 12.5. The number of benzene rings is 6. The van der Waals surface area contributed by atoms with E-state index in [-0.39, 0.29) is 33.6 Å². The Morgan fingerprint density at radius 1 is 0.525 bits per heavy atom. The monoisotopic (exact) mass is 888 g/mol. The van der Waals surface area contributed by atoms with Gasteiger partial charge < -0.3 is 20.9 Å². The van der Waals surface area contributed by atoms with Crippen LogP contribution >= 0.6 is 0 Å². The molecule has 0 aliphatic carbocycles. The molecule has 0 spiro atoms. The van der Waals surface area contributed by atoms with Crippen molar-refractivity contribution in [1.82, 2.24) is 0 Å². The minimum absolute atomic E-state index is 0.0893. The summed E-state index contributed by atoms with van der Waals surface area (Å²) in [5.41, 5.74) is 9.59. The molecule has 0 aromatic heterocycles. The van der Waals surface area contributed by atoms with E-state index in [2.05, 4.69) is 36.0 Å². The van der Waals surface area contributed by atoms with Gasteiger partial charge in [-0.15, -0.1) is 10.2 Å². The number of azo groups is 3. The van der Waals surface area contributed by atoms with Crippen LogP contribution in [0.15, 0.2) is 130 Å². The third-order valence-electron chi connectivity index (χ3n) is 9.17. The van der Waals surface area contributed by atoms with Crippen LogP contribution in [0.3, 0.4) is 0 Å². The number of fused-ring (bicyclic) bond motifs is 1. The fourth-order valence-electron chi connectivity index (χ4n) is 5.96. The standard InChI is InChI=1S/C39H36N8O11S3/c1-20-13-32(21(2)12-31(20)43-42-30-11-8-27(58-5)19-36(30)60(52,53)54)44-45-33-14-23(4)34(15-22(33)3)46-47-38-37(61(55,56)57)17-24-16-25(6-9-28(24)39(38)48)41-26-7-10-29(40)35(18-26)59(49,50)51/h6-19,41,48H,40H2,1-5H3,(H,49,50,51)(H,52,53,54)(H,55,56,57). The Hall–Kier alpha value is -6.69. The number of hydrogen-bond donors (Lipinski definition) is 6. The van der Waals surface area contributed by atoms with Crippen molar-refractivity contribution in [2.45, 2.75) is 42.4 Å². The molecular weight excluding hydrogens is 853 g/mol. The predicted molar refractivity (Wildman–Crippen MR) is 227 cm³/mol. The van der Waals surface area contributed by atoms with Crippen LogP contribution in [0.1, 0.15) is 22.3 Å². The van der Waals surface area contributed by atoms with E-state index in [1.807, 2.05) is 0 Å². The molecule has 0 atom stereocenters. The lowest BCUT2D eigenvalue weighted by Crippen LogP contribution is -2.04. The van der Waals surface area contributed by atoms with Crippen molar-refractivity contribution >= 4 is 92.3 Å². The molecule has 22 heteroatoms. The van der Waals surface area contributed by atoms with Crippen LogP contribution in [0, 0.1) is 27.7 Å². The molecule has 0 fully saturated rings. The van der Waals surface area contributed by atoms with E-state index in [0.29, 0.717) is 50.7 Å². The van der Waals surface area contributed by atoms with Crippen LogP contribution in [0.5, 0.6) is 11.5 Å². The van der Waals surface area contributed by atoms with Crippen LogP contribution in [-0.2, 0) is 30.4 Å². The summed E-state index contributed by atoms with van der Waals surface area (Å²) < 4.78 is 107. The van der Waals surface area contributed by atoms with Crippen molar-refractivity contribution in [1.29, 1.82) is 0 Å². The molecule has 0 unspecified atom stereocenters. The molecule has 6 rings (SSSR count). The number of phenolic OH excluding ortho intramolecular Hbond substituents is 1. The molecule has 0 amide bonds. The molecule has 0 saturated carbocycles. The van der Waals surface area contributed by atoms with E-state index < -0.39 is 56.5 Å². The van der Waals surface area contributed by atoms with Crippen molar-refractivity contribution in [3.63, 3.8) is 0 Å². The Labute approximate surface area is 349 Å². The average Bonchev–Trinajstić information content (AvgIpc) is 3.17. The summed E-state index contributed by atoms with van der Waals surface area (Å²) in [4.78, 5) is -1.72. The number of nitrogens with zero attached hydrogens (tertiary/aromatic N) is 6. The molecule has 7 N–H and O–H groups in total. The lowest BCUT2D eigenvalue weighted by atomic mass is 10.1. The van der Waals surface area contributed by atoms with Gasteiger partial charge in [-0.2, -0.15) is 45.7 Å². The second-order valence-corrected chi connectivity index (χ2v) is 17.8. The number of nitrogens with two attached hydrogens (primary N) is 1. The molecule has 0 radical (unpaired) electrons. The number of anilines is 3. The second-order valence-electron chi connectivity index (χ2n) is 13.6. The van der Waals surface area contributed by atoms with Gasteiger partial charge in [0, 0.05) is 22.8 Å². The maximum Gasteiger partial charge on any atom is 0.296 e. The van der Waals surface area contributed by atoms with Gasteiger partial charge >= 0.3 is 0 Å². The summed E-state index contributed by atoms with van der Waals surface area (Å²) in [6.07, 6.45) is 0. The first-order valence-electron chi connectivity index (χ1n) is 17.6. The molecule has 0 heterocycles. The molecule has 0 bridgehead atoms. The largest absolute Gasteiger partial charge is 0.505 e. The van der Waals surface area contributed by atoms with Crippen LogP contribution in [-0.4, -0.2) is 51.1 Å². The topological polar surface area (TPSA) is 305 Å². The quantitative estimate of drug-likeness (QED) is 0.0379. The van der Waals surface area contributed by atoms with Gasteiger partial charge in [0.2, 0.25) is 0 Å². The molecule has 0 saturated heterocycles. The molecule has 19 nitrogen and oxygen atoms in total. The first-order chi connectivity index (χ1) is 28.5. The first-order valence-corrected chi connectivity index (χ1v) is 21.9. The van der Waals surface area contributed by atoms with Crippen LogP contribution in [0.25, 0.3) is 10.8 Å². The van der Waals surface area contributed by atoms with E-state index in [1.165, 1.54) is 49.6 Å². The Morgan fingerprint density at radius 2 is 0.984 bits per heavy atom. The zero-order chi connectivity index (χ0) is 44.6. The zero-order valence-electron chi connectivity index (χ0n) is 32.7. The van der Waals surface area contributed by atoms with Gasteiger partial charge in [0.15, 0.2) is 5.75 Å². The fraction of sp³-hybridized carbons (Fsp3) is 0.128. The van der Waals surface area contributed by atoms with E-state index in [1.54, 1.807) is 52.0 Å². The molecule has 6 aromatic rings. The van der Waals surface area contributed by atoms with E-state index in [4.69, 9.17) is 10.5 Å². The van der Waals surface area contributed by atoms with Crippen molar-refractivity contribution < 1.29 is 48.8 Å². The molecule has 0 aliphatic rings. The number of phenols is 1. The van der Waals surface area contributed by atoms with Crippen molar-refractivity contribution in [2.24, 2.45) is 30.7 Å². The maximum absolute atomic E-state index is 12.5. The molecular formula is C39H36N8O11S3. The van der Waals surface area contributed by atoms with Gasteiger partial charge in [-0.05, 0) is 134 Å². The van der Waals surface area contributed by atoms with Gasteiger partial charge in [-0.1, -0.05) is 0 Å². The summed E-state index contributed by atoms with van der Waals surface area (Å²) in [6, 6.07) is 20.0. The lowest BCUT2D eigenvalue weighted by Gasteiger charge is -2.12. The Morgan fingerprint density at radius 3 is 1.48 bits per heavy atom. The van der Waals surface area contributed by atoms with Crippen LogP contribution < -0.4 is 15.8 Å². The van der Waals surface area contributed by atoms with Gasteiger partial charge in [-0.25, -0.2) is 0 Å². The summed E-state index contributed by atoms with van der Waals surface area (Å²) >= 11 is 0. The highest BCUT2D eigenvalue weighted by Crippen LogP contribution is 2.43. The van der Waals surface area contributed by atoms with E-state index in [0.717, 1.165) is 18.2 Å². The third-order valence-corrected chi connectivity index (χ3v) is 11.8. The SMILES string of the molecule is COc1ccc(N=Nc2cc(C)c(N=Nc3cc(C)c(N=Nc4c(S(=O)(=O)O)cc5cc(Nc6ccc(N)c(S(=O)(=O)O)c6)ccc5c4O)cc3C)cc2C)c(S(=O)(=O)O)c1. The Bertz CT molecular complexity index is 3210. The second kappa shape index (κ2) is 16.8. The van der Waals surface area contributed by atoms with Gasteiger partial charge in [0.05, 0.1) is 35.5 Å². The van der Waals surface area contributed by atoms with Gasteiger partial charge in [0.1, 0.15) is 31.8 Å². The van der Waals surface area contributed by atoms with Crippen molar-refractivity contribution in [3.05, 3.63) is 107 Å². The molecule has 61 heavy (non-hydrogen) atoms. The molecule has 0 aliphatic heterocycles. The van der Waals surface area contributed by atoms with Crippen LogP contribution in [0.2, 0.25) is 0 Å². The minimum Gasteiger partial charge on any atom is -0.505 e. The fourth-order valence-corrected chi connectivity index (χ4v) is 7.89. The summed E-state index contributed by atoms with van der Waals surface area (Å²) in [7, 11) is -12.8. The minimum atomic E-state index is -4.96. The van der Waals surface area contributed by atoms with Gasteiger partial charge in [-0.3, -0.25) is 13.7 Å². The van der Waals surface area contributed by atoms with E-state index in [9.17, 15) is 44.0 Å². The van der Waals surface area contributed by atoms with Crippen molar-refractivity contribution in [3.8, 4) is 11.5 Å². The number of aromatic hydroxyl groups is 1. The van der Waals surface area contributed by atoms with Crippen molar-refractivity contribution in [2.75, 3.05) is 18.2 Å². The number of nitrogen functional groups attached to an aromatic ring is 1. The molecule has 6 aromatic carbocycles. The summed E-state index contributed by atoms with van der Waals surface area (Å²) in [5, 5.41) is 39.8. The zero-order valence-corrected chi connectivity index (χ0v) is 35.2.